The smallest absolute Gasteiger partial charge is 0.264 e. The second-order valence-electron chi connectivity index (χ2n) is 8.40. The second kappa shape index (κ2) is 13.0. The molecule has 1 atom stereocenters. The van der Waals surface area contributed by atoms with Gasteiger partial charge in [0, 0.05) is 13.6 Å². The third-order valence-corrected chi connectivity index (χ3v) is 7.88. The molecule has 0 bridgehead atoms. The molecule has 0 saturated heterocycles. The van der Waals surface area contributed by atoms with Gasteiger partial charge in [-0.25, -0.2) is 8.42 Å². The van der Waals surface area contributed by atoms with E-state index in [0.29, 0.717) is 17.9 Å². The predicted molar refractivity (Wildman–Crippen MR) is 146 cm³/mol. The van der Waals surface area contributed by atoms with Gasteiger partial charge < -0.3 is 19.7 Å². The number of para-hydroxylation sites is 2. The van der Waals surface area contributed by atoms with E-state index in [1.165, 1.54) is 31.2 Å². The fraction of sp³-hybridized carbons (Fsp3) is 0.286. The van der Waals surface area contributed by atoms with Gasteiger partial charge in [-0.1, -0.05) is 49.4 Å². The maximum atomic E-state index is 13.9. The van der Waals surface area contributed by atoms with Crippen LogP contribution in [0.5, 0.6) is 11.5 Å². The lowest BCUT2D eigenvalue weighted by molar-refractivity contribution is -0.140. The standard InChI is InChI=1S/C28H33N3O6S/c1-5-24(28(33)29-2)30(19-21-15-17-22(36-3)18-16-21)27(32)20-31(25-13-9-10-14-26(25)37-4)38(34,35)23-11-7-6-8-12-23/h6-18,24H,5,19-20H2,1-4H3,(H,29,33)/t24-/m0/s1. The molecule has 0 aliphatic heterocycles. The maximum absolute atomic E-state index is 13.9. The molecule has 10 heteroatoms. The van der Waals surface area contributed by atoms with Crippen LogP contribution in [0.2, 0.25) is 0 Å². The van der Waals surface area contributed by atoms with Crippen LogP contribution in [0.4, 0.5) is 5.69 Å². The number of likely N-dealkylation sites (N-methyl/N-ethyl adjacent to an activating group) is 1. The number of benzene rings is 3. The molecule has 1 N–H and O–H groups in total. The molecule has 0 spiro atoms. The molecule has 3 rings (SSSR count). The highest BCUT2D eigenvalue weighted by Crippen LogP contribution is 2.32. The molecule has 38 heavy (non-hydrogen) atoms. The lowest BCUT2D eigenvalue weighted by atomic mass is 10.1. The van der Waals surface area contributed by atoms with Gasteiger partial charge in [0.25, 0.3) is 10.0 Å². The number of anilines is 1. The van der Waals surface area contributed by atoms with Gasteiger partial charge in [-0.3, -0.25) is 13.9 Å². The molecule has 9 nitrogen and oxygen atoms in total. The van der Waals surface area contributed by atoms with Gasteiger partial charge in [0.05, 0.1) is 24.8 Å². The number of hydrogen-bond acceptors (Lipinski definition) is 6. The van der Waals surface area contributed by atoms with Crippen molar-refractivity contribution in [2.45, 2.75) is 30.8 Å². The third kappa shape index (κ3) is 6.44. The van der Waals surface area contributed by atoms with Crippen molar-refractivity contribution < 1.29 is 27.5 Å². The number of nitrogens with one attached hydrogen (secondary N) is 1. The summed E-state index contributed by atoms with van der Waals surface area (Å²) in [6.07, 6.45) is 0.335. The van der Waals surface area contributed by atoms with E-state index in [2.05, 4.69) is 5.32 Å². The highest BCUT2D eigenvalue weighted by molar-refractivity contribution is 7.92. The zero-order valence-corrected chi connectivity index (χ0v) is 22.8. The Labute approximate surface area is 224 Å². The van der Waals surface area contributed by atoms with Gasteiger partial charge in [-0.15, -0.1) is 0 Å². The van der Waals surface area contributed by atoms with E-state index in [4.69, 9.17) is 9.47 Å². The summed E-state index contributed by atoms with van der Waals surface area (Å²) in [7, 11) is 0.327. The van der Waals surface area contributed by atoms with E-state index < -0.39 is 28.5 Å². The monoisotopic (exact) mass is 539 g/mol. The number of nitrogens with zero attached hydrogens (tertiary/aromatic N) is 2. The minimum absolute atomic E-state index is 0.0266. The molecule has 0 heterocycles. The molecule has 3 aromatic rings. The molecular formula is C28H33N3O6S. The van der Waals surface area contributed by atoms with Gasteiger partial charge in [0.1, 0.15) is 24.1 Å². The van der Waals surface area contributed by atoms with Gasteiger partial charge in [-0.2, -0.15) is 0 Å². The van der Waals surface area contributed by atoms with Gasteiger partial charge in [-0.05, 0) is 48.4 Å². The molecule has 0 fully saturated rings. The van der Waals surface area contributed by atoms with Crippen molar-refractivity contribution in [3.05, 3.63) is 84.4 Å². The van der Waals surface area contributed by atoms with E-state index in [9.17, 15) is 18.0 Å². The molecule has 2 amide bonds. The Kier molecular flexibility index (Phi) is 9.72. The highest BCUT2D eigenvalue weighted by atomic mass is 32.2. The quantitative estimate of drug-likeness (QED) is 0.378. The number of ether oxygens (including phenoxy) is 2. The van der Waals surface area contributed by atoms with Crippen molar-refractivity contribution in [1.29, 1.82) is 0 Å². The average Bonchev–Trinajstić information content (AvgIpc) is 2.96. The Morgan fingerprint density at radius 3 is 2.11 bits per heavy atom. The van der Waals surface area contributed by atoms with Crippen molar-refractivity contribution in [1.82, 2.24) is 10.2 Å². The minimum atomic E-state index is -4.17. The van der Waals surface area contributed by atoms with Gasteiger partial charge >= 0.3 is 0 Å². The number of sulfonamides is 1. The number of carbonyl (C=O) groups excluding carboxylic acids is 2. The Morgan fingerprint density at radius 1 is 0.895 bits per heavy atom. The van der Waals surface area contributed by atoms with Crippen LogP contribution in [0.25, 0.3) is 0 Å². The zero-order chi connectivity index (χ0) is 27.7. The van der Waals surface area contributed by atoms with E-state index in [1.807, 2.05) is 0 Å². The molecule has 3 aromatic carbocycles. The van der Waals surface area contributed by atoms with Crippen molar-refractivity contribution in [2.75, 3.05) is 32.1 Å². The second-order valence-corrected chi connectivity index (χ2v) is 10.3. The molecule has 0 radical (unpaired) electrons. The van der Waals surface area contributed by atoms with Crippen molar-refractivity contribution in [3.63, 3.8) is 0 Å². The summed E-state index contributed by atoms with van der Waals surface area (Å²) in [6.45, 7) is 1.36. The van der Waals surface area contributed by atoms with Crippen LogP contribution in [-0.2, 0) is 26.2 Å². The zero-order valence-electron chi connectivity index (χ0n) is 22.0. The number of amides is 2. The Hall–Kier alpha value is -4.05. The summed E-state index contributed by atoms with van der Waals surface area (Å²) < 4.78 is 39.3. The molecule has 0 aliphatic rings. The first-order valence-corrected chi connectivity index (χ1v) is 13.6. The normalized spacial score (nSPS) is 11.8. The van der Waals surface area contributed by atoms with Crippen LogP contribution in [0.3, 0.4) is 0 Å². The van der Waals surface area contributed by atoms with E-state index in [0.717, 1.165) is 9.87 Å². The lowest BCUT2D eigenvalue weighted by Gasteiger charge is -2.33. The topological polar surface area (TPSA) is 105 Å². The number of carbonyl (C=O) groups is 2. The van der Waals surface area contributed by atoms with Crippen LogP contribution in [0, 0.1) is 0 Å². The number of methoxy groups -OCH3 is 2. The minimum Gasteiger partial charge on any atom is -0.497 e. The first-order chi connectivity index (χ1) is 18.3. The van der Waals surface area contributed by atoms with Gasteiger partial charge in [0.15, 0.2) is 0 Å². The number of hydrogen-bond donors (Lipinski definition) is 1. The summed E-state index contributed by atoms with van der Waals surface area (Å²) in [6, 6.07) is 20.8. The molecule has 202 valence electrons. The fourth-order valence-electron chi connectivity index (χ4n) is 4.08. The fourth-order valence-corrected chi connectivity index (χ4v) is 5.53. The summed E-state index contributed by atoms with van der Waals surface area (Å²) >= 11 is 0. The van der Waals surface area contributed by atoms with Crippen molar-refractivity contribution in [3.8, 4) is 11.5 Å². The summed E-state index contributed by atoms with van der Waals surface area (Å²) in [4.78, 5) is 28.1. The van der Waals surface area contributed by atoms with Gasteiger partial charge in [0.2, 0.25) is 11.8 Å². The largest absolute Gasteiger partial charge is 0.497 e. The molecule has 0 aromatic heterocycles. The highest BCUT2D eigenvalue weighted by Gasteiger charge is 2.34. The molecule has 0 saturated carbocycles. The van der Waals surface area contributed by atoms with Crippen LogP contribution >= 0.6 is 0 Å². The van der Waals surface area contributed by atoms with Crippen LogP contribution < -0.4 is 19.1 Å². The SMILES string of the molecule is CC[C@@H](C(=O)NC)N(Cc1ccc(OC)cc1)C(=O)CN(c1ccccc1OC)S(=O)(=O)c1ccccc1. The Balaban J connectivity index is 2.07. The summed E-state index contributed by atoms with van der Waals surface area (Å²) in [5, 5.41) is 2.61. The van der Waals surface area contributed by atoms with E-state index in [1.54, 1.807) is 80.8 Å². The van der Waals surface area contributed by atoms with E-state index >= 15 is 0 Å². The third-order valence-electron chi connectivity index (χ3n) is 6.11. The predicted octanol–water partition coefficient (Wildman–Crippen LogP) is 3.45. The van der Waals surface area contributed by atoms with Crippen molar-refractivity contribution in [2.24, 2.45) is 0 Å². The molecule has 0 unspecified atom stereocenters. The first-order valence-electron chi connectivity index (χ1n) is 12.1. The van der Waals surface area contributed by atoms with Crippen molar-refractivity contribution >= 4 is 27.5 Å². The van der Waals surface area contributed by atoms with Crippen LogP contribution in [0.1, 0.15) is 18.9 Å². The Bertz CT molecular complexity index is 1330. The molecule has 0 aliphatic carbocycles. The van der Waals surface area contributed by atoms with Crippen LogP contribution in [-0.4, -0.2) is 59.0 Å². The molecular weight excluding hydrogens is 506 g/mol. The van der Waals surface area contributed by atoms with E-state index in [-0.39, 0.29) is 23.0 Å². The summed E-state index contributed by atoms with van der Waals surface area (Å²) in [5.41, 5.74) is 0.973. The Morgan fingerprint density at radius 2 is 1.53 bits per heavy atom. The average molecular weight is 540 g/mol. The lowest BCUT2D eigenvalue weighted by Crippen LogP contribution is -2.51. The summed E-state index contributed by atoms with van der Waals surface area (Å²) in [5.74, 6) is 0.0620. The van der Waals surface area contributed by atoms with Crippen LogP contribution in [0.15, 0.2) is 83.8 Å². The first kappa shape index (κ1) is 28.5. The maximum Gasteiger partial charge on any atom is 0.264 e. The number of rotatable bonds is 12.